The van der Waals surface area contributed by atoms with Gasteiger partial charge in [0.2, 0.25) is 0 Å². The first-order valence-corrected chi connectivity index (χ1v) is 10.2. The van der Waals surface area contributed by atoms with Gasteiger partial charge in [-0.15, -0.1) is 0 Å². The molecule has 0 amide bonds. The van der Waals surface area contributed by atoms with Gasteiger partial charge >= 0.3 is 6.18 Å². The molecule has 0 saturated heterocycles. The Balaban J connectivity index is 1.31. The second-order valence-electron chi connectivity index (χ2n) is 7.75. The Morgan fingerprint density at radius 2 is 1.75 bits per heavy atom. The van der Waals surface area contributed by atoms with Gasteiger partial charge in [0, 0.05) is 43.0 Å². The third kappa shape index (κ3) is 4.27. The van der Waals surface area contributed by atoms with Crippen molar-refractivity contribution in [1.29, 1.82) is 0 Å². The molecule has 4 aromatic rings. The zero-order valence-corrected chi connectivity index (χ0v) is 17.0. The highest BCUT2D eigenvalue weighted by Gasteiger charge is 2.30. The van der Waals surface area contributed by atoms with Crippen LogP contribution in [-0.4, -0.2) is 26.6 Å². The number of hydrogen-bond donors (Lipinski definition) is 0. The average molecular weight is 436 g/mol. The summed E-state index contributed by atoms with van der Waals surface area (Å²) in [6.07, 6.45) is -1.79. The van der Waals surface area contributed by atoms with Gasteiger partial charge in [0.25, 0.3) is 0 Å². The molecule has 0 spiro atoms. The smallest absolute Gasteiger partial charge is 0.356 e. The largest absolute Gasteiger partial charge is 0.416 e. The van der Waals surface area contributed by atoms with Gasteiger partial charge < -0.3 is 4.52 Å². The number of alkyl halides is 3. The van der Waals surface area contributed by atoms with E-state index in [1.165, 1.54) is 12.1 Å². The lowest BCUT2D eigenvalue weighted by Gasteiger charge is -2.27. The van der Waals surface area contributed by atoms with Crippen LogP contribution in [0.1, 0.15) is 22.5 Å². The molecular weight excluding hydrogens is 417 g/mol. The number of aromatic nitrogens is 3. The molecule has 8 heteroatoms. The summed E-state index contributed by atoms with van der Waals surface area (Å²) in [5.41, 5.74) is 3.62. The standard InChI is InChI=1S/C24H19F3N4O/c25-24(26,27)19-8-6-17(7-9-19)23-28-13-18-10-11-31(15-21(18)29-23)14-20-12-22(32-30-20)16-4-2-1-3-5-16/h1-9,12-13H,10-11,14-15H2. The lowest BCUT2D eigenvalue weighted by atomic mass is 10.1. The van der Waals surface area contributed by atoms with E-state index in [0.29, 0.717) is 24.5 Å². The molecule has 0 atom stereocenters. The minimum absolute atomic E-state index is 0.423. The van der Waals surface area contributed by atoms with Gasteiger partial charge in [0.1, 0.15) is 0 Å². The molecule has 0 unspecified atom stereocenters. The second kappa shape index (κ2) is 8.20. The summed E-state index contributed by atoms with van der Waals surface area (Å²) in [5, 5.41) is 4.19. The highest BCUT2D eigenvalue weighted by Crippen LogP contribution is 2.31. The van der Waals surface area contributed by atoms with Crippen molar-refractivity contribution in [2.75, 3.05) is 6.54 Å². The average Bonchev–Trinajstić information content (AvgIpc) is 3.27. The molecule has 0 bridgehead atoms. The Labute approximate surface area is 182 Å². The Kier molecular flexibility index (Phi) is 5.22. The van der Waals surface area contributed by atoms with E-state index in [2.05, 4.69) is 20.0 Å². The molecule has 1 aliphatic rings. The van der Waals surface area contributed by atoms with Crippen LogP contribution in [0.25, 0.3) is 22.7 Å². The lowest BCUT2D eigenvalue weighted by molar-refractivity contribution is -0.137. The normalized spacial score (nSPS) is 14.3. The highest BCUT2D eigenvalue weighted by atomic mass is 19.4. The SMILES string of the molecule is FC(F)(F)c1ccc(-c2ncc3c(n2)CN(Cc2cc(-c4ccccc4)on2)CC3)cc1. The summed E-state index contributed by atoms with van der Waals surface area (Å²) in [4.78, 5) is 11.2. The van der Waals surface area contributed by atoms with Crippen LogP contribution in [0.4, 0.5) is 13.2 Å². The van der Waals surface area contributed by atoms with Gasteiger partial charge in [-0.1, -0.05) is 47.6 Å². The van der Waals surface area contributed by atoms with Gasteiger partial charge in [-0.25, -0.2) is 9.97 Å². The molecule has 3 heterocycles. The number of halogens is 3. The van der Waals surface area contributed by atoms with Crippen LogP contribution in [0.5, 0.6) is 0 Å². The summed E-state index contributed by atoms with van der Waals surface area (Å²) in [7, 11) is 0. The van der Waals surface area contributed by atoms with E-state index in [1.54, 1.807) is 6.20 Å². The zero-order chi connectivity index (χ0) is 22.1. The summed E-state index contributed by atoms with van der Waals surface area (Å²) < 4.78 is 43.9. The lowest BCUT2D eigenvalue weighted by Crippen LogP contribution is -2.31. The Morgan fingerprint density at radius 3 is 2.50 bits per heavy atom. The molecular formula is C24H19F3N4O. The minimum Gasteiger partial charge on any atom is -0.356 e. The Morgan fingerprint density at radius 1 is 0.969 bits per heavy atom. The van der Waals surface area contributed by atoms with Crippen molar-refractivity contribution in [1.82, 2.24) is 20.0 Å². The van der Waals surface area contributed by atoms with Crippen LogP contribution in [0.3, 0.4) is 0 Å². The molecule has 0 saturated carbocycles. The number of benzene rings is 2. The molecule has 0 radical (unpaired) electrons. The molecule has 0 N–H and O–H groups in total. The highest BCUT2D eigenvalue weighted by molar-refractivity contribution is 5.57. The Hall–Kier alpha value is -3.52. The van der Waals surface area contributed by atoms with Gasteiger partial charge in [0.05, 0.1) is 17.0 Å². The number of rotatable bonds is 4. The van der Waals surface area contributed by atoms with E-state index in [-0.39, 0.29) is 0 Å². The van der Waals surface area contributed by atoms with Crippen LogP contribution in [0.15, 0.2) is 71.4 Å². The number of nitrogens with zero attached hydrogens (tertiary/aromatic N) is 4. The first-order valence-electron chi connectivity index (χ1n) is 10.2. The van der Waals surface area contributed by atoms with Crippen LogP contribution in [0, 0.1) is 0 Å². The fourth-order valence-corrected chi connectivity index (χ4v) is 3.79. The van der Waals surface area contributed by atoms with Crippen LogP contribution in [-0.2, 0) is 25.7 Å². The van der Waals surface area contributed by atoms with Gasteiger partial charge in [-0.05, 0) is 24.1 Å². The quantitative estimate of drug-likeness (QED) is 0.430. The van der Waals surface area contributed by atoms with Crippen LogP contribution in [0.2, 0.25) is 0 Å². The van der Waals surface area contributed by atoms with Crippen molar-refractivity contribution >= 4 is 0 Å². The van der Waals surface area contributed by atoms with E-state index in [1.807, 2.05) is 36.4 Å². The van der Waals surface area contributed by atoms with Crippen molar-refractivity contribution in [3.63, 3.8) is 0 Å². The van der Waals surface area contributed by atoms with E-state index in [4.69, 9.17) is 4.52 Å². The fraction of sp³-hybridized carbons (Fsp3) is 0.208. The molecule has 32 heavy (non-hydrogen) atoms. The fourth-order valence-electron chi connectivity index (χ4n) is 3.79. The van der Waals surface area contributed by atoms with E-state index in [0.717, 1.165) is 53.4 Å². The second-order valence-corrected chi connectivity index (χ2v) is 7.75. The zero-order valence-electron chi connectivity index (χ0n) is 17.0. The predicted octanol–water partition coefficient (Wildman–Crippen LogP) is 5.38. The monoisotopic (exact) mass is 436 g/mol. The maximum atomic E-state index is 12.8. The van der Waals surface area contributed by atoms with Crippen molar-refractivity contribution in [2.45, 2.75) is 25.7 Å². The van der Waals surface area contributed by atoms with E-state index in [9.17, 15) is 13.2 Å². The maximum Gasteiger partial charge on any atom is 0.416 e. The van der Waals surface area contributed by atoms with Gasteiger partial charge in [-0.3, -0.25) is 4.90 Å². The summed E-state index contributed by atoms with van der Waals surface area (Å²) >= 11 is 0. The predicted molar refractivity (Wildman–Crippen MR) is 112 cm³/mol. The molecule has 5 rings (SSSR count). The maximum absolute atomic E-state index is 12.8. The molecule has 5 nitrogen and oxygen atoms in total. The first kappa shape index (κ1) is 20.4. The summed E-state index contributed by atoms with van der Waals surface area (Å²) in [6.45, 7) is 2.07. The van der Waals surface area contributed by atoms with Gasteiger partial charge in [0.15, 0.2) is 11.6 Å². The molecule has 1 aliphatic heterocycles. The molecule has 2 aromatic heterocycles. The van der Waals surface area contributed by atoms with E-state index < -0.39 is 11.7 Å². The van der Waals surface area contributed by atoms with Crippen molar-refractivity contribution in [3.8, 4) is 22.7 Å². The third-order valence-corrected chi connectivity index (χ3v) is 5.50. The minimum atomic E-state index is -4.36. The number of fused-ring (bicyclic) bond motifs is 1. The van der Waals surface area contributed by atoms with Crippen molar-refractivity contribution < 1.29 is 17.7 Å². The van der Waals surface area contributed by atoms with Crippen molar-refractivity contribution in [2.24, 2.45) is 0 Å². The number of hydrogen-bond acceptors (Lipinski definition) is 5. The van der Waals surface area contributed by atoms with Crippen LogP contribution < -0.4 is 0 Å². The summed E-state index contributed by atoms with van der Waals surface area (Å²) in [6, 6.07) is 16.7. The first-order chi connectivity index (χ1) is 15.5. The molecule has 2 aromatic carbocycles. The third-order valence-electron chi connectivity index (χ3n) is 5.50. The molecule has 0 fully saturated rings. The van der Waals surface area contributed by atoms with Crippen molar-refractivity contribution in [3.05, 3.63) is 89.4 Å². The van der Waals surface area contributed by atoms with Crippen LogP contribution >= 0.6 is 0 Å². The van der Waals surface area contributed by atoms with E-state index >= 15 is 0 Å². The molecule has 0 aliphatic carbocycles. The Bertz CT molecular complexity index is 1220. The van der Waals surface area contributed by atoms with Gasteiger partial charge in [-0.2, -0.15) is 13.2 Å². The summed E-state index contributed by atoms with van der Waals surface area (Å²) in [5.74, 6) is 1.15. The molecule has 162 valence electrons. The topological polar surface area (TPSA) is 55.1 Å².